The maximum absolute atomic E-state index is 12.2. The highest BCUT2D eigenvalue weighted by Gasteiger charge is 2.22. The van der Waals surface area contributed by atoms with Crippen LogP contribution in [0, 0.1) is 5.92 Å². The molecule has 0 radical (unpaired) electrons. The fourth-order valence-electron chi connectivity index (χ4n) is 2.25. The highest BCUT2D eigenvalue weighted by atomic mass is 32.1. The number of aliphatic carboxylic acids is 1. The molecule has 1 heterocycles. The highest BCUT2D eigenvalue weighted by Crippen LogP contribution is 2.22. The van der Waals surface area contributed by atoms with Crippen LogP contribution in [0.1, 0.15) is 29.9 Å². The van der Waals surface area contributed by atoms with Crippen LogP contribution in [0.5, 0.6) is 0 Å². The average molecular weight is 375 g/mol. The van der Waals surface area contributed by atoms with E-state index in [0.717, 1.165) is 11.3 Å². The topological polar surface area (TPSA) is 108 Å². The second kappa shape index (κ2) is 9.00. The van der Waals surface area contributed by atoms with Crippen molar-refractivity contribution in [3.63, 3.8) is 0 Å². The summed E-state index contributed by atoms with van der Waals surface area (Å²) in [5, 5.41) is 17.5. The fraction of sp³-hybridized carbons (Fsp3) is 0.278. The Morgan fingerprint density at radius 2 is 1.73 bits per heavy atom. The third-order valence-electron chi connectivity index (χ3n) is 3.41. The zero-order valence-corrected chi connectivity index (χ0v) is 15.3. The quantitative estimate of drug-likeness (QED) is 0.593. The van der Waals surface area contributed by atoms with E-state index >= 15 is 0 Å². The van der Waals surface area contributed by atoms with Gasteiger partial charge in [-0.05, 0) is 36.6 Å². The van der Waals surface area contributed by atoms with E-state index in [9.17, 15) is 19.5 Å². The Morgan fingerprint density at radius 1 is 1.04 bits per heavy atom. The van der Waals surface area contributed by atoms with Crippen molar-refractivity contribution in [3.8, 4) is 0 Å². The monoisotopic (exact) mass is 375 g/mol. The Hall–Kier alpha value is -2.87. The number of carbonyl (C=O) groups excluding carboxylic acids is 2. The lowest BCUT2D eigenvalue weighted by Crippen LogP contribution is -2.41. The summed E-state index contributed by atoms with van der Waals surface area (Å²) in [5.41, 5.74) is 0.650. The van der Waals surface area contributed by atoms with Gasteiger partial charge in [-0.1, -0.05) is 32.0 Å². The molecule has 1 unspecified atom stereocenters. The van der Waals surface area contributed by atoms with Crippen LogP contribution in [-0.2, 0) is 4.79 Å². The molecule has 2 rings (SSSR count). The van der Waals surface area contributed by atoms with E-state index in [0.29, 0.717) is 22.0 Å². The van der Waals surface area contributed by atoms with Gasteiger partial charge in [-0.25, -0.2) is 9.59 Å². The number of amides is 3. The molecule has 0 aliphatic carbocycles. The molecule has 8 heteroatoms. The van der Waals surface area contributed by atoms with Crippen molar-refractivity contribution in [1.29, 1.82) is 0 Å². The van der Waals surface area contributed by atoms with Crippen LogP contribution in [0.3, 0.4) is 0 Å². The molecule has 7 nitrogen and oxygen atoms in total. The Kier molecular flexibility index (Phi) is 6.74. The van der Waals surface area contributed by atoms with Crippen molar-refractivity contribution >= 4 is 39.9 Å². The van der Waals surface area contributed by atoms with E-state index in [-0.39, 0.29) is 5.92 Å². The summed E-state index contributed by atoms with van der Waals surface area (Å²) >= 11 is 1.08. The summed E-state index contributed by atoms with van der Waals surface area (Å²) < 4.78 is 0. The lowest BCUT2D eigenvalue weighted by atomic mass is 10.0. The van der Waals surface area contributed by atoms with Crippen LogP contribution in [0.15, 0.2) is 42.5 Å². The van der Waals surface area contributed by atoms with E-state index in [1.165, 1.54) is 0 Å². The molecule has 1 atom stereocenters. The standard InChI is InChI=1S/C18H21N3O4S/c1-11(2)10-13(17(23)24)20-16(22)14-8-9-15(26-14)21-18(25)19-12-6-4-3-5-7-12/h3-9,11,13H,10H2,1-2H3,(H,20,22)(H,23,24)(H2,19,21,25). The molecule has 0 spiro atoms. The molecular weight excluding hydrogens is 354 g/mol. The Labute approximate surface area is 155 Å². The van der Waals surface area contributed by atoms with Gasteiger partial charge in [0.05, 0.1) is 9.88 Å². The number of urea groups is 1. The SMILES string of the molecule is CC(C)CC(NC(=O)c1ccc(NC(=O)Nc2ccccc2)s1)C(=O)O. The van der Waals surface area contributed by atoms with Gasteiger partial charge in [0.25, 0.3) is 5.91 Å². The lowest BCUT2D eigenvalue weighted by Gasteiger charge is -2.15. The first kappa shape index (κ1) is 19.5. The Morgan fingerprint density at radius 3 is 2.35 bits per heavy atom. The second-order valence-electron chi connectivity index (χ2n) is 6.10. The summed E-state index contributed by atoms with van der Waals surface area (Å²) in [6.45, 7) is 3.78. The van der Waals surface area contributed by atoms with Gasteiger partial charge in [-0.15, -0.1) is 11.3 Å². The second-order valence-corrected chi connectivity index (χ2v) is 7.19. The van der Waals surface area contributed by atoms with Crippen molar-refractivity contribution in [2.45, 2.75) is 26.3 Å². The molecule has 1 aromatic carbocycles. The van der Waals surface area contributed by atoms with E-state index in [4.69, 9.17) is 0 Å². The predicted octanol–water partition coefficient (Wildman–Crippen LogP) is 3.62. The molecular formula is C18H21N3O4S. The van der Waals surface area contributed by atoms with Crippen molar-refractivity contribution in [2.75, 3.05) is 10.6 Å². The van der Waals surface area contributed by atoms with E-state index < -0.39 is 23.9 Å². The number of nitrogens with one attached hydrogen (secondary N) is 3. The van der Waals surface area contributed by atoms with Gasteiger partial charge in [0, 0.05) is 5.69 Å². The number of rotatable bonds is 7. The number of carboxylic acids is 1. The maximum atomic E-state index is 12.2. The summed E-state index contributed by atoms with van der Waals surface area (Å²) in [5.74, 6) is -1.40. The van der Waals surface area contributed by atoms with Crippen LogP contribution in [-0.4, -0.2) is 29.1 Å². The van der Waals surface area contributed by atoms with Gasteiger partial charge in [0.2, 0.25) is 0 Å². The first-order chi connectivity index (χ1) is 12.3. The molecule has 0 aliphatic rings. The minimum Gasteiger partial charge on any atom is -0.480 e. The Balaban J connectivity index is 1.94. The molecule has 0 aliphatic heterocycles. The van der Waals surface area contributed by atoms with E-state index in [1.54, 1.807) is 36.4 Å². The lowest BCUT2D eigenvalue weighted by molar-refractivity contribution is -0.139. The van der Waals surface area contributed by atoms with Crippen molar-refractivity contribution in [1.82, 2.24) is 5.32 Å². The highest BCUT2D eigenvalue weighted by molar-refractivity contribution is 7.18. The van der Waals surface area contributed by atoms with E-state index in [2.05, 4.69) is 16.0 Å². The van der Waals surface area contributed by atoms with Crippen molar-refractivity contribution < 1.29 is 19.5 Å². The fourth-order valence-corrected chi connectivity index (χ4v) is 3.05. The number of thiophene rings is 1. The average Bonchev–Trinajstić information content (AvgIpc) is 3.03. The van der Waals surface area contributed by atoms with Crippen LogP contribution < -0.4 is 16.0 Å². The third-order valence-corrected chi connectivity index (χ3v) is 4.41. The normalized spacial score (nSPS) is 11.7. The van der Waals surface area contributed by atoms with Gasteiger partial charge >= 0.3 is 12.0 Å². The first-order valence-corrected chi connectivity index (χ1v) is 8.93. The molecule has 2 aromatic rings. The third kappa shape index (κ3) is 5.89. The van der Waals surface area contributed by atoms with E-state index in [1.807, 2.05) is 19.9 Å². The van der Waals surface area contributed by atoms with Gasteiger partial charge in [-0.2, -0.15) is 0 Å². The van der Waals surface area contributed by atoms with Crippen LogP contribution in [0.4, 0.5) is 15.5 Å². The minimum absolute atomic E-state index is 0.138. The van der Waals surface area contributed by atoms with Gasteiger partial charge in [-0.3, -0.25) is 10.1 Å². The molecule has 0 fully saturated rings. The smallest absolute Gasteiger partial charge is 0.326 e. The summed E-state index contributed by atoms with van der Waals surface area (Å²) in [6.07, 6.45) is 0.344. The summed E-state index contributed by atoms with van der Waals surface area (Å²) in [6, 6.07) is 10.8. The minimum atomic E-state index is -1.07. The van der Waals surface area contributed by atoms with Crippen LogP contribution in [0.25, 0.3) is 0 Å². The van der Waals surface area contributed by atoms with Gasteiger partial charge in [0.1, 0.15) is 6.04 Å². The van der Waals surface area contributed by atoms with Crippen molar-refractivity contribution in [3.05, 3.63) is 47.3 Å². The predicted molar refractivity (Wildman–Crippen MR) is 102 cm³/mol. The van der Waals surface area contributed by atoms with Crippen molar-refractivity contribution in [2.24, 2.45) is 5.92 Å². The number of carboxylic acid groups (broad SMARTS) is 1. The number of hydrogen-bond acceptors (Lipinski definition) is 4. The molecule has 26 heavy (non-hydrogen) atoms. The summed E-state index contributed by atoms with van der Waals surface area (Å²) in [4.78, 5) is 35.8. The molecule has 0 saturated carbocycles. The zero-order chi connectivity index (χ0) is 19.1. The largest absolute Gasteiger partial charge is 0.480 e. The molecule has 3 amide bonds. The van der Waals surface area contributed by atoms with Crippen LogP contribution in [0.2, 0.25) is 0 Å². The molecule has 1 aromatic heterocycles. The number of carbonyl (C=O) groups is 3. The first-order valence-electron chi connectivity index (χ1n) is 8.11. The summed E-state index contributed by atoms with van der Waals surface area (Å²) in [7, 11) is 0. The Bertz CT molecular complexity index is 774. The number of para-hydroxylation sites is 1. The van der Waals surface area contributed by atoms with Crippen LogP contribution >= 0.6 is 11.3 Å². The van der Waals surface area contributed by atoms with Gasteiger partial charge < -0.3 is 15.7 Å². The molecule has 4 N–H and O–H groups in total. The molecule has 0 saturated heterocycles. The molecule has 138 valence electrons. The zero-order valence-electron chi connectivity index (χ0n) is 14.5. The maximum Gasteiger partial charge on any atom is 0.326 e. The molecule has 0 bridgehead atoms. The van der Waals surface area contributed by atoms with Gasteiger partial charge in [0.15, 0.2) is 0 Å². The number of hydrogen-bond donors (Lipinski definition) is 4. The number of anilines is 2. The number of benzene rings is 1.